The first-order valence-corrected chi connectivity index (χ1v) is 9.17. The lowest BCUT2D eigenvalue weighted by Crippen LogP contribution is -2.41. The number of piperidine rings is 1. The average molecular weight is 351 g/mol. The van der Waals surface area contributed by atoms with Crippen LogP contribution in [0.15, 0.2) is 22.7 Å². The molecule has 1 aromatic rings. The quantitative estimate of drug-likeness (QED) is 0.850. The fourth-order valence-electron chi connectivity index (χ4n) is 3.24. The van der Waals surface area contributed by atoms with Crippen molar-refractivity contribution >= 4 is 15.9 Å². The Balaban J connectivity index is 1.61. The fraction of sp³-hybridized carbons (Fsp3) is 0.667. The van der Waals surface area contributed by atoms with E-state index in [2.05, 4.69) is 58.2 Å². The van der Waals surface area contributed by atoms with E-state index in [0.717, 1.165) is 25.0 Å². The molecule has 0 aromatic heterocycles. The SMILES string of the molecule is CC1CCCN(Cc2ccc(CNC3CC3)cc2Br)C1C. The zero-order valence-electron chi connectivity index (χ0n) is 13.2. The number of nitrogens with zero attached hydrogens (tertiary/aromatic N) is 1. The molecule has 0 amide bonds. The van der Waals surface area contributed by atoms with Crippen LogP contribution in [0.3, 0.4) is 0 Å². The fourth-order valence-corrected chi connectivity index (χ4v) is 3.79. The van der Waals surface area contributed by atoms with Crippen LogP contribution < -0.4 is 5.32 Å². The Morgan fingerprint density at radius 3 is 2.76 bits per heavy atom. The number of nitrogens with one attached hydrogen (secondary N) is 1. The highest BCUT2D eigenvalue weighted by Gasteiger charge is 2.25. The molecule has 2 unspecified atom stereocenters. The zero-order chi connectivity index (χ0) is 14.8. The van der Waals surface area contributed by atoms with Crippen LogP contribution >= 0.6 is 15.9 Å². The normalized spacial score (nSPS) is 27.0. The van der Waals surface area contributed by atoms with Crippen molar-refractivity contribution < 1.29 is 0 Å². The molecular formula is C18H27BrN2. The van der Waals surface area contributed by atoms with Gasteiger partial charge in [-0.3, -0.25) is 4.90 Å². The third-order valence-corrected chi connectivity index (χ3v) is 5.91. The van der Waals surface area contributed by atoms with Gasteiger partial charge < -0.3 is 5.32 Å². The minimum absolute atomic E-state index is 0.696. The summed E-state index contributed by atoms with van der Waals surface area (Å²) >= 11 is 3.78. The first kappa shape index (κ1) is 15.5. The van der Waals surface area contributed by atoms with E-state index in [1.807, 2.05) is 0 Å². The second kappa shape index (κ2) is 6.80. The van der Waals surface area contributed by atoms with Crippen molar-refractivity contribution in [3.05, 3.63) is 33.8 Å². The van der Waals surface area contributed by atoms with Crippen LogP contribution in [0.25, 0.3) is 0 Å². The van der Waals surface area contributed by atoms with Gasteiger partial charge in [-0.15, -0.1) is 0 Å². The molecule has 2 fully saturated rings. The number of benzene rings is 1. The van der Waals surface area contributed by atoms with Crippen molar-refractivity contribution in [3.8, 4) is 0 Å². The van der Waals surface area contributed by atoms with Gasteiger partial charge in [-0.25, -0.2) is 0 Å². The largest absolute Gasteiger partial charge is 0.310 e. The van der Waals surface area contributed by atoms with Crippen molar-refractivity contribution in [2.24, 2.45) is 5.92 Å². The molecule has 21 heavy (non-hydrogen) atoms. The lowest BCUT2D eigenvalue weighted by atomic mass is 9.91. The second-order valence-corrected chi connectivity index (χ2v) is 7.77. The molecule has 0 spiro atoms. The molecule has 1 saturated carbocycles. The molecule has 1 aliphatic carbocycles. The van der Waals surface area contributed by atoms with Gasteiger partial charge in [0.25, 0.3) is 0 Å². The van der Waals surface area contributed by atoms with E-state index in [0.29, 0.717) is 6.04 Å². The Bertz CT molecular complexity index is 484. The average Bonchev–Trinajstić information content (AvgIpc) is 3.28. The number of hydrogen-bond acceptors (Lipinski definition) is 2. The molecule has 1 aromatic carbocycles. The van der Waals surface area contributed by atoms with E-state index in [1.54, 1.807) is 0 Å². The van der Waals surface area contributed by atoms with E-state index >= 15 is 0 Å². The van der Waals surface area contributed by atoms with E-state index in [4.69, 9.17) is 0 Å². The third-order valence-electron chi connectivity index (χ3n) is 5.17. The molecule has 1 saturated heterocycles. The lowest BCUT2D eigenvalue weighted by Gasteiger charge is -2.38. The summed E-state index contributed by atoms with van der Waals surface area (Å²) in [5, 5.41) is 3.58. The molecule has 0 radical (unpaired) electrons. The van der Waals surface area contributed by atoms with Crippen LogP contribution in [-0.4, -0.2) is 23.5 Å². The standard InChI is InChI=1S/C18H27BrN2/c1-13-4-3-9-21(14(13)2)12-16-6-5-15(10-18(16)19)11-20-17-7-8-17/h5-6,10,13-14,17,20H,3-4,7-9,11-12H2,1-2H3. The molecular weight excluding hydrogens is 324 g/mol. The maximum absolute atomic E-state index is 3.78. The number of hydrogen-bond donors (Lipinski definition) is 1. The van der Waals surface area contributed by atoms with Crippen LogP contribution in [-0.2, 0) is 13.1 Å². The lowest BCUT2D eigenvalue weighted by molar-refractivity contribution is 0.106. The summed E-state index contributed by atoms with van der Waals surface area (Å²) in [4.78, 5) is 2.64. The molecule has 0 bridgehead atoms. The van der Waals surface area contributed by atoms with Crippen LogP contribution in [0.4, 0.5) is 0 Å². The Morgan fingerprint density at radius 2 is 2.05 bits per heavy atom. The Hall–Kier alpha value is -0.380. The maximum atomic E-state index is 3.78. The summed E-state index contributed by atoms with van der Waals surface area (Å²) in [5.41, 5.74) is 2.81. The molecule has 3 rings (SSSR count). The highest BCUT2D eigenvalue weighted by Crippen LogP contribution is 2.27. The van der Waals surface area contributed by atoms with Crippen molar-refractivity contribution in [2.75, 3.05) is 6.54 Å². The summed E-state index contributed by atoms with van der Waals surface area (Å²) in [6.45, 7) is 8.08. The minimum Gasteiger partial charge on any atom is -0.310 e. The van der Waals surface area contributed by atoms with Gasteiger partial charge in [0.1, 0.15) is 0 Å². The van der Waals surface area contributed by atoms with Gasteiger partial charge in [0, 0.05) is 29.6 Å². The number of halogens is 1. The summed E-state index contributed by atoms with van der Waals surface area (Å²) < 4.78 is 1.27. The van der Waals surface area contributed by atoms with Gasteiger partial charge >= 0.3 is 0 Å². The molecule has 1 N–H and O–H groups in total. The van der Waals surface area contributed by atoms with Crippen LogP contribution in [0, 0.1) is 5.92 Å². The van der Waals surface area contributed by atoms with E-state index in [-0.39, 0.29) is 0 Å². The van der Waals surface area contributed by atoms with Crippen molar-refractivity contribution in [1.82, 2.24) is 10.2 Å². The summed E-state index contributed by atoms with van der Waals surface area (Å²) in [7, 11) is 0. The molecule has 2 aliphatic rings. The third kappa shape index (κ3) is 4.08. The van der Waals surface area contributed by atoms with E-state index in [1.165, 1.54) is 47.8 Å². The Kier molecular flexibility index (Phi) is 5.03. The minimum atomic E-state index is 0.696. The maximum Gasteiger partial charge on any atom is 0.0247 e. The van der Waals surface area contributed by atoms with Gasteiger partial charge in [0.15, 0.2) is 0 Å². The van der Waals surface area contributed by atoms with E-state index in [9.17, 15) is 0 Å². The summed E-state index contributed by atoms with van der Waals surface area (Å²) in [5.74, 6) is 0.819. The zero-order valence-corrected chi connectivity index (χ0v) is 14.8. The van der Waals surface area contributed by atoms with Crippen molar-refractivity contribution in [3.63, 3.8) is 0 Å². The van der Waals surface area contributed by atoms with Gasteiger partial charge in [0.2, 0.25) is 0 Å². The molecule has 116 valence electrons. The first-order valence-electron chi connectivity index (χ1n) is 8.38. The topological polar surface area (TPSA) is 15.3 Å². The van der Waals surface area contributed by atoms with Crippen molar-refractivity contribution in [1.29, 1.82) is 0 Å². The first-order chi connectivity index (χ1) is 10.1. The Morgan fingerprint density at radius 1 is 1.24 bits per heavy atom. The predicted octanol–water partition coefficient (Wildman–Crippen LogP) is 4.32. The van der Waals surface area contributed by atoms with Gasteiger partial charge in [-0.2, -0.15) is 0 Å². The summed E-state index contributed by atoms with van der Waals surface area (Å²) in [6, 6.07) is 8.36. The highest BCUT2D eigenvalue weighted by molar-refractivity contribution is 9.10. The molecule has 1 aliphatic heterocycles. The van der Waals surface area contributed by atoms with Crippen LogP contribution in [0.2, 0.25) is 0 Å². The van der Waals surface area contributed by atoms with Gasteiger partial charge in [0.05, 0.1) is 0 Å². The van der Waals surface area contributed by atoms with Crippen LogP contribution in [0.1, 0.15) is 50.7 Å². The summed E-state index contributed by atoms with van der Waals surface area (Å²) in [6.07, 6.45) is 5.42. The van der Waals surface area contributed by atoms with E-state index < -0.39 is 0 Å². The predicted molar refractivity (Wildman–Crippen MR) is 92.3 cm³/mol. The second-order valence-electron chi connectivity index (χ2n) is 6.91. The monoisotopic (exact) mass is 350 g/mol. The van der Waals surface area contributed by atoms with Gasteiger partial charge in [-0.05, 0) is 62.3 Å². The molecule has 2 atom stereocenters. The Labute approximate surface area is 137 Å². The van der Waals surface area contributed by atoms with Crippen molar-refractivity contribution in [2.45, 2.75) is 64.7 Å². The number of rotatable bonds is 5. The smallest absolute Gasteiger partial charge is 0.0247 e. The molecule has 3 heteroatoms. The molecule has 2 nitrogen and oxygen atoms in total. The van der Waals surface area contributed by atoms with Crippen LogP contribution in [0.5, 0.6) is 0 Å². The van der Waals surface area contributed by atoms with Gasteiger partial charge in [-0.1, -0.05) is 35.0 Å². The molecule has 1 heterocycles. The highest BCUT2D eigenvalue weighted by atomic mass is 79.9. The number of likely N-dealkylation sites (tertiary alicyclic amines) is 1.